The summed E-state index contributed by atoms with van der Waals surface area (Å²) in [7, 11) is 0. The third kappa shape index (κ3) is 46.3. The van der Waals surface area contributed by atoms with Crippen LogP contribution in [-0.4, -0.2) is 0 Å². The zero-order valence-corrected chi connectivity index (χ0v) is 91.9. The summed E-state index contributed by atoms with van der Waals surface area (Å²) in [6, 6.07) is 40.7. The Bertz CT molecular complexity index is 3340. The molecule has 0 saturated heterocycles. The van der Waals surface area contributed by atoms with Gasteiger partial charge in [0.25, 0.3) is 0 Å². The standard InChI is InChI=1S/C19H36.C19H24.C18H30.C15H30.C15H32.2C13H20.C12H26/c2*1-14(2)18-9-5-16(6-10-18)13-17-7-11-19(12-8-17)15(3)4;1-13(2)17(5,6)15-10-9-11-16(12-15)18(7,8)14(3)4;1-11(2)13-8-14(5,6)10-15(7,9-13)12(3)4;1-12(2)10-14(5)8-9-15(6,7)11-13(3)4;1-9(2)12-7-6-11(5)13(8-12)10(3)4;1-9(2)12-7-6-8-13(10(3)4)11(12)5;1-11(2)9-7-5-6-8-10-12(3)4/h14-19H,5-13H2,1-4H3;5-12,14-15H,13H2,1-4H3;9-14H,1-8H3;11-13H,8-10H2,1-7H3;12-14H,8-11H2,1-7H3;2*6-10H,1-5H3;11-12H,5-10H2,1-4H3. The van der Waals surface area contributed by atoms with E-state index in [0.29, 0.717) is 63.6 Å². The Morgan fingerprint density at radius 2 is 0.726 bits per heavy atom. The van der Waals surface area contributed by atoms with Gasteiger partial charge in [-0.15, -0.1) is 0 Å². The van der Waals surface area contributed by atoms with Gasteiger partial charge in [-0.25, -0.2) is 0 Å². The number of hydrogen-bond acceptors (Lipinski definition) is 0. The van der Waals surface area contributed by atoms with Crippen LogP contribution in [0.2, 0.25) is 0 Å². The van der Waals surface area contributed by atoms with Gasteiger partial charge in [-0.1, -0.05) is 471 Å². The van der Waals surface area contributed by atoms with E-state index >= 15 is 0 Å². The number of aryl methyl sites for hydroxylation is 1. The minimum Gasteiger partial charge on any atom is -0.0628 e. The molecule has 0 radical (unpaired) electrons. The first-order chi connectivity index (χ1) is 57.3. The summed E-state index contributed by atoms with van der Waals surface area (Å²) < 4.78 is 0. The first kappa shape index (κ1) is 118. The molecule has 5 aromatic carbocycles. The molecule has 0 amide bonds. The van der Waals surface area contributed by atoms with Crippen LogP contribution in [0, 0.1) is 125 Å². The molecule has 124 heavy (non-hydrogen) atoms. The van der Waals surface area contributed by atoms with Crippen LogP contribution < -0.4 is 0 Å². The molecule has 0 heteroatoms. The molecule has 0 aromatic heterocycles. The van der Waals surface area contributed by atoms with Crippen LogP contribution in [0.4, 0.5) is 0 Å². The molecule has 8 rings (SSSR count). The number of rotatable bonds is 32. The largest absolute Gasteiger partial charge is 0.0628 e. The third-order valence-corrected chi connectivity index (χ3v) is 30.8. The first-order valence-corrected chi connectivity index (χ1v) is 52.8. The summed E-state index contributed by atoms with van der Waals surface area (Å²) in [6.07, 6.45) is 33.2. The van der Waals surface area contributed by atoms with Crippen LogP contribution >= 0.6 is 0 Å². The SMILES string of the molecule is CC(C)C(C)(C)c1cccc(C(C)(C)C(C)C)c1.CC(C)C1CC(C)(C)CC(C)(C(C)C)C1.CC(C)C1CCC(CC2CCC(C(C)C)CC2)CC1.CC(C)CC(C)CCC(C)(C)CC(C)C.CC(C)CCCCCCC(C)C.CC(C)c1ccc(Cc2ccc(C(C)C)cc2)cc1.Cc1c(C(C)C)cccc1C(C)C.Cc1ccc(C(C)C)cc1C(C)C. The number of benzene rings is 5. The molecule has 0 bridgehead atoms. The number of unbranched alkanes of at least 4 members (excludes halogenated alkanes) is 3. The van der Waals surface area contributed by atoms with Gasteiger partial charge < -0.3 is 0 Å². The van der Waals surface area contributed by atoms with Crippen molar-refractivity contribution in [2.75, 3.05) is 0 Å². The molecule has 3 saturated carbocycles. The average molecular weight is 1710 g/mol. The lowest BCUT2D eigenvalue weighted by Crippen LogP contribution is -2.40. The molecule has 3 unspecified atom stereocenters. The summed E-state index contributed by atoms with van der Waals surface area (Å²) in [5.74, 6) is 18.1. The lowest BCUT2D eigenvalue weighted by atomic mass is 9.55. The normalized spacial score (nSPS) is 19.0. The van der Waals surface area contributed by atoms with Crippen LogP contribution in [0.25, 0.3) is 0 Å². The van der Waals surface area contributed by atoms with Crippen LogP contribution in [0.5, 0.6) is 0 Å². The molecule has 3 atom stereocenters. The van der Waals surface area contributed by atoms with Crippen molar-refractivity contribution >= 4 is 0 Å². The van der Waals surface area contributed by atoms with Crippen molar-refractivity contribution in [3.63, 3.8) is 0 Å². The molecular weight excluding hydrogens is 1490 g/mol. The van der Waals surface area contributed by atoms with E-state index in [1.807, 2.05) is 0 Å². The van der Waals surface area contributed by atoms with Crippen LogP contribution in [-0.2, 0) is 17.3 Å². The van der Waals surface area contributed by atoms with Gasteiger partial charge in [0.05, 0.1) is 0 Å². The summed E-state index contributed by atoms with van der Waals surface area (Å²) in [4.78, 5) is 0. The van der Waals surface area contributed by atoms with E-state index in [0.717, 1.165) is 89.3 Å². The monoisotopic (exact) mass is 1710 g/mol. The highest BCUT2D eigenvalue weighted by Crippen LogP contribution is 2.54. The Hall–Kier alpha value is -3.90. The van der Waals surface area contributed by atoms with Crippen molar-refractivity contribution in [2.24, 2.45) is 111 Å². The molecule has 0 nitrogen and oxygen atoms in total. The quantitative estimate of drug-likeness (QED) is 0.0377. The summed E-state index contributed by atoms with van der Waals surface area (Å²) in [5, 5.41) is 0. The molecule has 0 aliphatic heterocycles. The highest BCUT2D eigenvalue weighted by molar-refractivity contribution is 5.39. The molecule has 0 spiro atoms. The molecule has 714 valence electrons. The highest BCUT2D eigenvalue weighted by Gasteiger charge is 2.43. The van der Waals surface area contributed by atoms with Gasteiger partial charge in [-0.2, -0.15) is 0 Å². The fourth-order valence-corrected chi connectivity index (χ4v) is 20.2. The highest BCUT2D eigenvalue weighted by atomic mass is 14.5. The van der Waals surface area contributed by atoms with Crippen LogP contribution in [0.1, 0.15) is 534 Å². The minimum absolute atomic E-state index is 0.239. The van der Waals surface area contributed by atoms with Crippen molar-refractivity contribution in [1.29, 1.82) is 0 Å². The zero-order chi connectivity index (χ0) is 95.1. The maximum atomic E-state index is 2.51. The molecule has 0 N–H and O–H groups in total. The van der Waals surface area contributed by atoms with E-state index in [1.54, 1.807) is 6.42 Å². The van der Waals surface area contributed by atoms with E-state index in [1.165, 1.54) is 202 Å². The molecule has 3 fully saturated rings. The smallest absolute Gasteiger partial charge is 0.00258 e. The summed E-state index contributed by atoms with van der Waals surface area (Å²) in [5.41, 5.74) is 19.5. The summed E-state index contributed by atoms with van der Waals surface area (Å²) in [6.45, 7) is 103. The van der Waals surface area contributed by atoms with Gasteiger partial charge in [0.15, 0.2) is 0 Å². The minimum atomic E-state index is 0.239. The maximum absolute atomic E-state index is 2.51. The second-order valence-corrected chi connectivity index (χ2v) is 49.8. The van der Waals surface area contributed by atoms with Crippen molar-refractivity contribution in [3.05, 3.63) is 176 Å². The fourth-order valence-electron chi connectivity index (χ4n) is 20.2. The Morgan fingerprint density at radius 3 is 1.05 bits per heavy atom. The predicted molar refractivity (Wildman–Crippen MR) is 567 cm³/mol. The van der Waals surface area contributed by atoms with E-state index in [2.05, 4.69) is 414 Å². The van der Waals surface area contributed by atoms with Crippen LogP contribution in [0.15, 0.2) is 109 Å². The fraction of sp³-hybridized carbons (Fsp3) is 0.758. The predicted octanol–water partition coefficient (Wildman–Crippen LogP) is 41.2. The average Bonchev–Trinajstić information content (AvgIpc) is 0.789. The van der Waals surface area contributed by atoms with Gasteiger partial charge in [-0.3, -0.25) is 0 Å². The van der Waals surface area contributed by atoms with E-state index in [-0.39, 0.29) is 10.8 Å². The van der Waals surface area contributed by atoms with E-state index < -0.39 is 0 Å². The Kier molecular flexibility index (Phi) is 55.3. The van der Waals surface area contributed by atoms with Gasteiger partial charge in [0, 0.05) is 0 Å². The lowest BCUT2D eigenvalue weighted by molar-refractivity contribution is 0.00398. The summed E-state index contributed by atoms with van der Waals surface area (Å²) >= 11 is 0. The maximum Gasteiger partial charge on any atom is -0.00258 e. The molecule has 3 aliphatic carbocycles. The molecule has 3 aliphatic rings. The van der Waals surface area contributed by atoms with Crippen molar-refractivity contribution in [1.82, 2.24) is 0 Å². The second-order valence-electron chi connectivity index (χ2n) is 49.8. The van der Waals surface area contributed by atoms with Gasteiger partial charge in [0.2, 0.25) is 0 Å². The Labute approximate surface area is 780 Å². The van der Waals surface area contributed by atoms with Gasteiger partial charge >= 0.3 is 0 Å². The lowest BCUT2D eigenvalue weighted by Gasteiger charge is -2.50. The van der Waals surface area contributed by atoms with Crippen molar-refractivity contribution < 1.29 is 0 Å². The van der Waals surface area contributed by atoms with Crippen molar-refractivity contribution in [3.8, 4) is 0 Å². The Balaban J connectivity index is 0.000000713. The van der Waals surface area contributed by atoms with E-state index in [9.17, 15) is 0 Å². The first-order valence-electron chi connectivity index (χ1n) is 52.8. The van der Waals surface area contributed by atoms with Gasteiger partial charge in [-0.05, 0) is 315 Å². The number of hydrogen-bond donors (Lipinski definition) is 0. The zero-order valence-electron chi connectivity index (χ0n) is 91.9. The second kappa shape index (κ2) is 58.1. The Morgan fingerprint density at radius 1 is 0.355 bits per heavy atom. The molecule has 5 aromatic rings. The topological polar surface area (TPSA) is 0 Å². The van der Waals surface area contributed by atoms with E-state index in [4.69, 9.17) is 0 Å². The van der Waals surface area contributed by atoms with Gasteiger partial charge in [0.1, 0.15) is 0 Å². The third-order valence-electron chi connectivity index (χ3n) is 30.8. The van der Waals surface area contributed by atoms with Crippen LogP contribution in [0.3, 0.4) is 0 Å². The van der Waals surface area contributed by atoms with Crippen molar-refractivity contribution in [2.45, 2.75) is 499 Å². The molecular formula is C124H218. The molecule has 0 heterocycles.